The Morgan fingerprint density at radius 2 is 2.08 bits per heavy atom. The number of benzene rings is 1. The summed E-state index contributed by atoms with van der Waals surface area (Å²) < 4.78 is 22.4. The molecule has 0 fully saturated rings. The second kappa shape index (κ2) is 7.00. The van der Waals surface area contributed by atoms with E-state index in [1.54, 1.807) is 23.5 Å². The molecule has 24 heavy (non-hydrogen) atoms. The highest BCUT2D eigenvalue weighted by molar-refractivity contribution is 7.89. The Balaban J connectivity index is 1.49. The van der Waals surface area contributed by atoms with E-state index in [1.807, 2.05) is 5.51 Å². The molecule has 1 aliphatic carbocycles. The largest absolute Gasteiger partial charge is 0.356 e. The van der Waals surface area contributed by atoms with E-state index in [0.29, 0.717) is 13.0 Å². The lowest BCUT2D eigenvalue weighted by molar-refractivity contribution is -0.125. The highest BCUT2D eigenvalue weighted by Gasteiger charge is 2.25. The lowest BCUT2D eigenvalue weighted by Crippen LogP contribution is -2.35. The average Bonchev–Trinajstić information content (AvgIpc) is 3.02. The molecule has 1 atom stereocenters. The van der Waals surface area contributed by atoms with Gasteiger partial charge in [-0.15, -0.1) is 11.3 Å². The van der Waals surface area contributed by atoms with Crippen molar-refractivity contribution in [2.24, 2.45) is 11.1 Å². The van der Waals surface area contributed by atoms with Gasteiger partial charge in [0.15, 0.2) is 0 Å². The number of sulfonamides is 1. The SMILES string of the molecule is NS(=O)(=O)c1ccc(CCNC(=O)C2CCc3ncsc3C2)cc1. The first-order valence-electron chi connectivity index (χ1n) is 7.74. The molecule has 1 aliphatic rings. The summed E-state index contributed by atoms with van der Waals surface area (Å²) in [7, 11) is -3.66. The maximum absolute atomic E-state index is 12.3. The third-order valence-corrected chi connectivity index (χ3v) is 6.05. The number of aromatic nitrogens is 1. The Labute approximate surface area is 145 Å². The van der Waals surface area contributed by atoms with Crippen LogP contribution in [-0.4, -0.2) is 25.9 Å². The molecule has 1 heterocycles. The molecule has 0 spiro atoms. The molecule has 0 bridgehead atoms. The Morgan fingerprint density at radius 1 is 1.33 bits per heavy atom. The molecule has 3 rings (SSSR count). The first-order chi connectivity index (χ1) is 11.4. The number of nitrogens with one attached hydrogen (secondary N) is 1. The molecule has 1 aromatic heterocycles. The number of thiazole rings is 1. The quantitative estimate of drug-likeness (QED) is 0.832. The maximum Gasteiger partial charge on any atom is 0.238 e. The Morgan fingerprint density at radius 3 is 2.79 bits per heavy atom. The van der Waals surface area contributed by atoms with Crippen molar-refractivity contribution in [2.45, 2.75) is 30.6 Å². The van der Waals surface area contributed by atoms with E-state index < -0.39 is 10.0 Å². The molecule has 0 saturated carbocycles. The third kappa shape index (κ3) is 4.00. The van der Waals surface area contributed by atoms with Crippen LogP contribution in [0.3, 0.4) is 0 Å². The predicted molar refractivity (Wildman–Crippen MR) is 92.2 cm³/mol. The fraction of sp³-hybridized carbons (Fsp3) is 0.375. The van der Waals surface area contributed by atoms with Crippen LogP contribution in [0.5, 0.6) is 0 Å². The number of primary sulfonamides is 1. The fourth-order valence-corrected chi connectivity index (χ4v) is 4.26. The zero-order chi connectivity index (χ0) is 17.2. The molecule has 0 aliphatic heterocycles. The van der Waals surface area contributed by atoms with Gasteiger partial charge in [0, 0.05) is 17.3 Å². The molecule has 1 aromatic carbocycles. The van der Waals surface area contributed by atoms with Crippen LogP contribution in [0.1, 0.15) is 22.6 Å². The summed E-state index contributed by atoms with van der Waals surface area (Å²) in [5, 5.41) is 8.04. The van der Waals surface area contributed by atoms with Gasteiger partial charge in [-0.3, -0.25) is 4.79 Å². The van der Waals surface area contributed by atoms with Crippen molar-refractivity contribution in [1.82, 2.24) is 10.3 Å². The van der Waals surface area contributed by atoms with Gasteiger partial charge in [0.05, 0.1) is 16.1 Å². The number of hydrogen-bond acceptors (Lipinski definition) is 5. The van der Waals surface area contributed by atoms with Gasteiger partial charge in [-0.2, -0.15) is 0 Å². The van der Waals surface area contributed by atoms with Crippen LogP contribution in [0.15, 0.2) is 34.7 Å². The van der Waals surface area contributed by atoms with E-state index in [9.17, 15) is 13.2 Å². The molecule has 6 nitrogen and oxygen atoms in total. The zero-order valence-corrected chi connectivity index (χ0v) is 14.7. The van der Waals surface area contributed by atoms with E-state index in [4.69, 9.17) is 5.14 Å². The highest BCUT2D eigenvalue weighted by atomic mass is 32.2. The smallest absolute Gasteiger partial charge is 0.238 e. The monoisotopic (exact) mass is 365 g/mol. The van der Waals surface area contributed by atoms with Crippen molar-refractivity contribution >= 4 is 27.3 Å². The van der Waals surface area contributed by atoms with Gasteiger partial charge in [0.25, 0.3) is 0 Å². The van der Waals surface area contributed by atoms with E-state index in [1.165, 1.54) is 17.0 Å². The van der Waals surface area contributed by atoms with Crippen molar-refractivity contribution in [1.29, 1.82) is 0 Å². The van der Waals surface area contributed by atoms with E-state index in [0.717, 1.165) is 30.5 Å². The van der Waals surface area contributed by atoms with Gasteiger partial charge in [0.2, 0.25) is 15.9 Å². The highest BCUT2D eigenvalue weighted by Crippen LogP contribution is 2.27. The van der Waals surface area contributed by atoms with Gasteiger partial charge >= 0.3 is 0 Å². The Kier molecular flexibility index (Phi) is 4.98. The number of aryl methyl sites for hydroxylation is 1. The lowest BCUT2D eigenvalue weighted by Gasteiger charge is -2.20. The van der Waals surface area contributed by atoms with Crippen molar-refractivity contribution in [3.8, 4) is 0 Å². The van der Waals surface area contributed by atoms with Crippen LogP contribution in [0.2, 0.25) is 0 Å². The van der Waals surface area contributed by atoms with Crippen molar-refractivity contribution in [3.05, 3.63) is 45.9 Å². The summed E-state index contributed by atoms with van der Waals surface area (Å²) in [5.41, 5.74) is 3.94. The fourth-order valence-electron chi connectivity index (χ4n) is 2.84. The summed E-state index contributed by atoms with van der Waals surface area (Å²) in [6.07, 6.45) is 3.13. The van der Waals surface area contributed by atoms with Gasteiger partial charge in [-0.1, -0.05) is 12.1 Å². The van der Waals surface area contributed by atoms with Crippen LogP contribution >= 0.6 is 11.3 Å². The number of carbonyl (C=O) groups is 1. The normalized spacial score (nSPS) is 17.3. The van der Waals surface area contributed by atoms with Crippen molar-refractivity contribution in [3.63, 3.8) is 0 Å². The molecule has 8 heteroatoms. The summed E-state index contributed by atoms with van der Waals surface area (Å²) in [6.45, 7) is 0.527. The molecular weight excluding hydrogens is 346 g/mol. The Bertz CT molecular complexity index is 829. The molecule has 0 radical (unpaired) electrons. The van der Waals surface area contributed by atoms with Crippen LogP contribution < -0.4 is 10.5 Å². The van der Waals surface area contributed by atoms with Gasteiger partial charge in [-0.25, -0.2) is 18.5 Å². The average molecular weight is 365 g/mol. The number of nitrogens with two attached hydrogens (primary N) is 1. The second-order valence-corrected chi connectivity index (χ2v) is 8.39. The molecule has 2 aromatic rings. The van der Waals surface area contributed by atoms with E-state index >= 15 is 0 Å². The number of rotatable bonds is 5. The summed E-state index contributed by atoms with van der Waals surface area (Å²) >= 11 is 1.62. The molecular formula is C16H19N3O3S2. The van der Waals surface area contributed by atoms with Crippen LogP contribution in [-0.2, 0) is 34.1 Å². The van der Waals surface area contributed by atoms with Crippen LogP contribution in [0.4, 0.5) is 0 Å². The molecule has 1 amide bonds. The first kappa shape index (κ1) is 17.1. The number of hydrogen-bond donors (Lipinski definition) is 2. The standard InChI is InChI=1S/C16H19N3O3S2/c17-24(21,22)13-4-1-11(2-5-13)7-8-18-16(20)12-3-6-14-15(9-12)23-10-19-14/h1-2,4-5,10,12H,3,6-9H2,(H,18,20)(H2,17,21,22). The van der Waals surface area contributed by atoms with Crippen LogP contribution in [0, 0.1) is 5.92 Å². The summed E-state index contributed by atoms with van der Waals surface area (Å²) in [5.74, 6) is 0.0953. The zero-order valence-electron chi connectivity index (χ0n) is 13.1. The molecule has 3 N–H and O–H groups in total. The minimum atomic E-state index is -3.66. The number of amides is 1. The van der Waals surface area contributed by atoms with E-state index in [-0.39, 0.29) is 16.7 Å². The lowest BCUT2D eigenvalue weighted by atomic mass is 9.90. The topological polar surface area (TPSA) is 102 Å². The number of nitrogens with zero attached hydrogens (tertiary/aromatic N) is 1. The minimum Gasteiger partial charge on any atom is -0.356 e. The Hall–Kier alpha value is -1.77. The van der Waals surface area contributed by atoms with Crippen molar-refractivity contribution in [2.75, 3.05) is 6.54 Å². The molecule has 128 valence electrons. The third-order valence-electron chi connectivity index (χ3n) is 4.22. The molecule has 1 unspecified atom stereocenters. The molecule has 0 saturated heterocycles. The predicted octanol–water partition coefficient (Wildman–Crippen LogP) is 1.25. The van der Waals surface area contributed by atoms with Crippen molar-refractivity contribution < 1.29 is 13.2 Å². The minimum absolute atomic E-state index is 0.0164. The second-order valence-electron chi connectivity index (χ2n) is 5.89. The van der Waals surface area contributed by atoms with Gasteiger partial charge in [-0.05, 0) is 43.4 Å². The number of fused-ring (bicyclic) bond motifs is 1. The summed E-state index contributed by atoms with van der Waals surface area (Å²) in [4.78, 5) is 17.9. The van der Waals surface area contributed by atoms with Crippen LogP contribution in [0.25, 0.3) is 0 Å². The van der Waals surface area contributed by atoms with E-state index in [2.05, 4.69) is 10.3 Å². The first-order valence-corrected chi connectivity index (χ1v) is 10.2. The maximum atomic E-state index is 12.3. The summed E-state index contributed by atoms with van der Waals surface area (Å²) in [6, 6.07) is 6.41. The number of carbonyl (C=O) groups excluding carboxylic acids is 1. The van der Waals surface area contributed by atoms with Gasteiger partial charge < -0.3 is 5.32 Å². The van der Waals surface area contributed by atoms with Gasteiger partial charge in [0.1, 0.15) is 0 Å².